The molecule has 0 aliphatic rings. The topological polar surface area (TPSA) is 89.3 Å². The lowest BCUT2D eigenvalue weighted by molar-refractivity contribution is -0.120. The summed E-state index contributed by atoms with van der Waals surface area (Å²) in [6, 6.07) is 7.15. The van der Waals surface area contributed by atoms with Gasteiger partial charge in [0.2, 0.25) is 17.6 Å². The molecule has 7 nitrogen and oxygen atoms in total. The maximum Gasteiger partial charge on any atom is 0.246 e. The van der Waals surface area contributed by atoms with E-state index in [9.17, 15) is 4.79 Å². The molecule has 1 aromatic carbocycles. The molecule has 2 N–H and O–H groups in total. The minimum atomic E-state index is -0.154. The maximum atomic E-state index is 11.6. The van der Waals surface area contributed by atoms with E-state index in [0.29, 0.717) is 29.9 Å². The second-order valence-corrected chi connectivity index (χ2v) is 4.90. The van der Waals surface area contributed by atoms with Gasteiger partial charge in [0.25, 0.3) is 0 Å². The Kier molecular flexibility index (Phi) is 6.32. The van der Waals surface area contributed by atoms with E-state index in [2.05, 4.69) is 20.8 Å². The number of carbonyl (C=O) groups excluding carboxylic acids is 1. The summed E-state index contributed by atoms with van der Waals surface area (Å²) in [6.07, 6.45) is 0. The molecular weight excluding hydrogens is 308 g/mol. The Labute approximate surface area is 133 Å². The summed E-state index contributed by atoms with van der Waals surface area (Å²) in [5.74, 6) is 0.615. The standard InChI is InChI=1S/C14H17ClN4O3/c1-21-6-5-16-8-12(20)17-9-13-18-14(19-22-13)10-3-2-4-11(15)7-10/h2-4,7,16H,5-6,8-9H2,1H3,(H,17,20). The van der Waals surface area contributed by atoms with Crippen molar-refractivity contribution < 1.29 is 14.1 Å². The van der Waals surface area contributed by atoms with Gasteiger partial charge < -0.3 is 19.9 Å². The molecule has 0 aliphatic heterocycles. The summed E-state index contributed by atoms with van der Waals surface area (Å²) >= 11 is 5.92. The quantitative estimate of drug-likeness (QED) is 0.710. The lowest BCUT2D eigenvalue weighted by Gasteiger charge is -2.03. The molecule has 0 aliphatic carbocycles. The van der Waals surface area contributed by atoms with Gasteiger partial charge in [0.15, 0.2) is 0 Å². The smallest absolute Gasteiger partial charge is 0.246 e. The molecule has 0 radical (unpaired) electrons. The molecule has 0 spiro atoms. The van der Waals surface area contributed by atoms with E-state index in [1.807, 2.05) is 6.07 Å². The van der Waals surface area contributed by atoms with Crippen molar-refractivity contribution in [2.24, 2.45) is 0 Å². The lowest BCUT2D eigenvalue weighted by Crippen LogP contribution is -2.34. The van der Waals surface area contributed by atoms with Crippen LogP contribution in [0.1, 0.15) is 5.89 Å². The molecule has 0 bridgehead atoms. The summed E-state index contributed by atoms with van der Waals surface area (Å²) < 4.78 is 9.96. The Morgan fingerprint density at radius 2 is 2.32 bits per heavy atom. The zero-order valence-electron chi connectivity index (χ0n) is 12.1. The normalized spacial score (nSPS) is 10.6. The number of nitrogens with zero attached hydrogens (tertiary/aromatic N) is 2. The van der Waals surface area contributed by atoms with Crippen molar-refractivity contribution in [1.29, 1.82) is 0 Å². The van der Waals surface area contributed by atoms with Crippen molar-refractivity contribution >= 4 is 17.5 Å². The number of nitrogens with one attached hydrogen (secondary N) is 2. The van der Waals surface area contributed by atoms with Crippen molar-refractivity contribution in [3.63, 3.8) is 0 Å². The van der Waals surface area contributed by atoms with Gasteiger partial charge in [-0.25, -0.2) is 0 Å². The molecule has 0 fully saturated rings. The Morgan fingerprint density at radius 3 is 3.09 bits per heavy atom. The number of halogens is 1. The monoisotopic (exact) mass is 324 g/mol. The van der Waals surface area contributed by atoms with Gasteiger partial charge in [0.1, 0.15) is 0 Å². The number of hydrogen-bond donors (Lipinski definition) is 2. The summed E-state index contributed by atoms with van der Waals surface area (Å²) in [6.45, 7) is 1.56. The third-order valence-corrected chi connectivity index (χ3v) is 2.99. The minimum absolute atomic E-state index is 0.154. The molecule has 8 heteroatoms. The van der Waals surface area contributed by atoms with Gasteiger partial charge in [-0.05, 0) is 12.1 Å². The van der Waals surface area contributed by atoms with Crippen molar-refractivity contribution in [2.45, 2.75) is 6.54 Å². The molecule has 1 aromatic heterocycles. The highest BCUT2D eigenvalue weighted by atomic mass is 35.5. The Morgan fingerprint density at radius 1 is 1.45 bits per heavy atom. The Bertz CT molecular complexity index is 618. The highest BCUT2D eigenvalue weighted by molar-refractivity contribution is 6.30. The zero-order chi connectivity index (χ0) is 15.8. The molecule has 2 rings (SSSR count). The van der Waals surface area contributed by atoms with Crippen molar-refractivity contribution in [3.05, 3.63) is 35.2 Å². The van der Waals surface area contributed by atoms with Crippen molar-refractivity contribution in [2.75, 3.05) is 26.8 Å². The highest BCUT2D eigenvalue weighted by Gasteiger charge is 2.10. The third kappa shape index (κ3) is 5.10. The fraction of sp³-hybridized carbons (Fsp3) is 0.357. The molecule has 0 unspecified atom stereocenters. The van der Waals surface area contributed by atoms with Crippen LogP contribution in [0.3, 0.4) is 0 Å². The molecule has 1 heterocycles. The zero-order valence-corrected chi connectivity index (χ0v) is 12.9. The van der Waals surface area contributed by atoms with Gasteiger partial charge >= 0.3 is 0 Å². The second-order valence-electron chi connectivity index (χ2n) is 4.47. The molecular formula is C14H17ClN4O3. The number of carbonyl (C=O) groups is 1. The van der Waals surface area contributed by atoms with Gasteiger partial charge in [0.05, 0.1) is 19.7 Å². The van der Waals surface area contributed by atoms with Crippen LogP contribution in [0.25, 0.3) is 11.4 Å². The SMILES string of the molecule is COCCNCC(=O)NCc1nc(-c2cccc(Cl)c2)no1. The molecule has 2 aromatic rings. The van der Waals surface area contributed by atoms with Crippen LogP contribution in [0.2, 0.25) is 5.02 Å². The van der Waals surface area contributed by atoms with E-state index in [1.54, 1.807) is 25.3 Å². The molecule has 118 valence electrons. The van der Waals surface area contributed by atoms with Crippen molar-refractivity contribution in [3.8, 4) is 11.4 Å². The fourth-order valence-corrected chi connectivity index (χ4v) is 1.87. The number of rotatable bonds is 8. The lowest BCUT2D eigenvalue weighted by atomic mass is 10.2. The van der Waals surface area contributed by atoms with Gasteiger partial charge in [-0.3, -0.25) is 4.79 Å². The van der Waals surface area contributed by atoms with Crippen molar-refractivity contribution in [1.82, 2.24) is 20.8 Å². The van der Waals surface area contributed by atoms with Gasteiger partial charge in [-0.15, -0.1) is 0 Å². The minimum Gasteiger partial charge on any atom is -0.383 e. The number of aromatic nitrogens is 2. The predicted molar refractivity (Wildman–Crippen MR) is 81.3 cm³/mol. The van der Waals surface area contributed by atoms with E-state index < -0.39 is 0 Å². The maximum absolute atomic E-state index is 11.6. The number of ether oxygens (including phenoxy) is 1. The average Bonchev–Trinajstić information content (AvgIpc) is 2.98. The highest BCUT2D eigenvalue weighted by Crippen LogP contribution is 2.19. The summed E-state index contributed by atoms with van der Waals surface area (Å²) in [5, 5.41) is 10.1. The first-order valence-electron chi connectivity index (χ1n) is 6.74. The summed E-state index contributed by atoms with van der Waals surface area (Å²) in [7, 11) is 1.61. The van der Waals surface area contributed by atoms with E-state index in [1.165, 1.54) is 0 Å². The van der Waals surface area contributed by atoms with Gasteiger partial charge in [-0.2, -0.15) is 4.98 Å². The van der Waals surface area contributed by atoms with Crippen LogP contribution in [-0.4, -0.2) is 42.9 Å². The molecule has 0 saturated carbocycles. The summed E-state index contributed by atoms with van der Waals surface area (Å²) in [4.78, 5) is 15.8. The molecule has 0 saturated heterocycles. The Hall–Kier alpha value is -1.96. The van der Waals surface area contributed by atoms with E-state index in [-0.39, 0.29) is 19.0 Å². The third-order valence-electron chi connectivity index (χ3n) is 2.76. The van der Waals surface area contributed by atoms with Gasteiger partial charge in [-0.1, -0.05) is 28.9 Å². The van der Waals surface area contributed by atoms with Crippen LogP contribution in [0.15, 0.2) is 28.8 Å². The Balaban J connectivity index is 1.81. The van der Waals surface area contributed by atoms with Crippen LogP contribution in [0.4, 0.5) is 0 Å². The second kappa shape index (κ2) is 8.47. The van der Waals surface area contributed by atoms with E-state index >= 15 is 0 Å². The first-order chi connectivity index (χ1) is 10.7. The van der Waals surface area contributed by atoms with Crippen LogP contribution in [-0.2, 0) is 16.1 Å². The van der Waals surface area contributed by atoms with Crippen LogP contribution < -0.4 is 10.6 Å². The van der Waals surface area contributed by atoms with E-state index in [0.717, 1.165) is 5.56 Å². The average molecular weight is 325 g/mol. The van der Waals surface area contributed by atoms with Crippen LogP contribution >= 0.6 is 11.6 Å². The van der Waals surface area contributed by atoms with E-state index in [4.69, 9.17) is 20.9 Å². The number of amides is 1. The summed E-state index contributed by atoms with van der Waals surface area (Å²) in [5.41, 5.74) is 0.759. The molecule has 0 atom stereocenters. The van der Waals surface area contributed by atoms with Gasteiger partial charge in [0, 0.05) is 24.2 Å². The predicted octanol–water partition coefficient (Wildman–Crippen LogP) is 1.24. The fourth-order valence-electron chi connectivity index (χ4n) is 1.68. The molecule has 22 heavy (non-hydrogen) atoms. The first kappa shape index (κ1) is 16.4. The number of methoxy groups -OCH3 is 1. The molecule has 1 amide bonds. The number of benzene rings is 1. The van der Waals surface area contributed by atoms with Crippen LogP contribution in [0, 0.1) is 0 Å². The largest absolute Gasteiger partial charge is 0.383 e. The number of hydrogen-bond acceptors (Lipinski definition) is 6. The van der Waals surface area contributed by atoms with Crippen LogP contribution in [0.5, 0.6) is 0 Å². The first-order valence-corrected chi connectivity index (χ1v) is 7.11.